The van der Waals surface area contributed by atoms with E-state index in [0.29, 0.717) is 0 Å². The number of rotatable bonds is 6. The number of carbonyl (C=O) groups is 4. The normalized spacial score (nSPS) is 17.1. The van der Waals surface area contributed by atoms with E-state index in [9.17, 15) is 24.3 Å². The van der Waals surface area contributed by atoms with Crippen LogP contribution in [0.5, 0.6) is 0 Å². The van der Waals surface area contributed by atoms with Crippen LogP contribution >= 0.6 is 0 Å². The predicted octanol–water partition coefficient (Wildman–Crippen LogP) is 1.78. The number of carbonyl (C=O) groups excluding carboxylic acids is 2. The van der Waals surface area contributed by atoms with Crippen molar-refractivity contribution >= 4 is 23.9 Å². The van der Waals surface area contributed by atoms with Gasteiger partial charge in [-0.2, -0.15) is 0 Å². The van der Waals surface area contributed by atoms with Crippen LogP contribution in [0, 0.1) is 0 Å². The van der Waals surface area contributed by atoms with Crippen molar-refractivity contribution in [3.63, 3.8) is 0 Å². The first-order valence-electron chi connectivity index (χ1n) is 9.29. The Morgan fingerprint density at radius 2 is 1.79 bits per heavy atom. The first kappa shape index (κ1) is 22.2. The Hall–Kier alpha value is -3.10. The molecule has 3 N–H and O–H groups in total. The van der Waals surface area contributed by atoms with Gasteiger partial charge < -0.3 is 20.3 Å². The van der Waals surface area contributed by atoms with Crippen molar-refractivity contribution in [1.82, 2.24) is 10.2 Å². The number of carboxylic acid groups (broad SMARTS) is 2. The Balaban J connectivity index is 2.24. The third-order valence-corrected chi connectivity index (χ3v) is 4.44. The molecule has 1 heterocycles. The summed E-state index contributed by atoms with van der Waals surface area (Å²) in [6.45, 7) is 5.29. The number of hydrogen-bond acceptors (Lipinski definition) is 5. The summed E-state index contributed by atoms with van der Waals surface area (Å²) in [7, 11) is 0. The Labute approximate surface area is 168 Å². The van der Waals surface area contributed by atoms with Crippen LogP contribution in [0.15, 0.2) is 24.3 Å². The number of fused-ring (bicyclic) bond motifs is 1. The molecular formula is C20H26N2O7. The lowest BCUT2D eigenvalue weighted by Gasteiger charge is -2.37. The zero-order chi connectivity index (χ0) is 21.8. The van der Waals surface area contributed by atoms with E-state index in [1.54, 1.807) is 20.8 Å². The molecule has 2 rings (SSSR count). The molecule has 9 nitrogen and oxygen atoms in total. The van der Waals surface area contributed by atoms with E-state index >= 15 is 0 Å². The van der Waals surface area contributed by atoms with Gasteiger partial charge in [-0.25, -0.2) is 9.59 Å². The highest BCUT2D eigenvalue weighted by molar-refractivity contribution is 5.90. The smallest absolute Gasteiger partial charge is 0.411 e. The Morgan fingerprint density at radius 1 is 1.17 bits per heavy atom. The summed E-state index contributed by atoms with van der Waals surface area (Å²) in [5.74, 6) is -3.16. The number of carboxylic acids is 2. The zero-order valence-electron chi connectivity index (χ0n) is 16.7. The summed E-state index contributed by atoms with van der Waals surface area (Å²) in [6.07, 6.45) is -1.14. The Bertz CT molecular complexity index is 800. The third-order valence-electron chi connectivity index (χ3n) is 4.44. The predicted molar refractivity (Wildman–Crippen MR) is 102 cm³/mol. The average Bonchev–Trinajstić information content (AvgIpc) is 2.62. The van der Waals surface area contributed by atoms with Gasteiger partial charge in [0.05, 0.1) is 6.54 Å². The van der Waals surface area contributed by atoms with E-state index in [2.05, 4.69) is 5.32 Å². The molecule has 0 fully saturated rings. The lowest BCUT2D eigenvalue weighted by atomic mass is 9.93. The van der Waals surface area contributed by atoms with Crippen molar-refractivity contribution in [1.29, 1.82) is 0 Å². The average molecular weight is 406 g/mol. The second kappa shape index (κ2) is 8.93. The lowest BCUT2D eigenvalue weighted by Crippen LogP contribution is -2.56. The maximum absolute atomic E-state index is 12.9. The first-order chi connectivity index (χ1) is 13.5. The molecule has 9 heteroatoms. The fraction of sp³-hybridized carbons (Fsp3) is 0.500. The minimum Gasteiger partial charge on any atom is -0.481 e. The van der Waals surface area contributed by atoms with Crippen LogP contribution in [-0.4, -0.2) is 56.7 Å². The zero-order valence-corrected chi connectivity index (χ0v) is 16.7. The third kappa shape index (κ3) is 6.20. The molecule has 0 aromatic heterocycles. The molecule has 0 saturated heterocycles. The van der Waals surface area contributed by atoms with Gasteiger partial charge >= 0.3 is 18.0 Å². The maximum atomic E-state index is 12.9. The van der Waals surface area contributed by atoms with E-state index in [0.717, 1.165) is 11.1 Å². The summed E-state index contributed by atoms with van der Waals surface area (Å²) < 4.78 is 5.42. The second-order valence-electron chi connectivity index (χ2n) is 7.93. The van der Waals surface area contributed by atoms with Gasteiger partial charge in [-0.15, -0.1) is 0 Å². The highest BCUT2D eigenvalue weighted by Crippen LogP contribution is 2.25. The van der Waals surface area contributed by atoms with E-state index < -0.39 is 48.0 Å². The number of amides is 2. The Kier molecular flexibility index (Phi) is 6.84. The quantitative estimate of drug-likeness (QED) is 0.656. The fourth-order valence-corrected chi connectivity index (χ4v) is 3.06. The molecular weight excluding hydrogens is 380 g/mol. The molecule has 0 spiro atoms. The number of aliphatic carboxylic acids is 2. The van der Waals surface area contributed by atoms with E-state index in [1.165, 1.54) is 4.90 Å². The molecule has 158 valence electrons. The molecule has 1 aliphatic rings. The minimum absolute atomic E-state index is 0.149. The molecule has 0 saturated carbocycles. The topological polar surface area (TPSA) is 133 Å². The summed E-state index contributed by atoms with van der Waals surface area (Å²) >= 11 is 0. The number of benzene rings is 1. The van der Waals surface area contributed by atoms with Crippen LogP contribution in [0.25, 0.3) is 0 Å². The van der Waals surface area contributed by atoms with Crippen LogP contribution in [0.4, 0.5) is 4.79 Å². The van der Waals surface area contributed by atoms with Crippen LogP contribution in [0.2, 0.25) is 0 Å². The van der Waals surface area contributed by atoms with Gasteiger partial charge in [0, 0.05) is 12.8 Å². The number of nitrogens with zero attached hydrogens (tertiary/aromatic N) is 1. The monoisotopic (exact) mass is 406 g/mol. The molecule has 0 radical (unpaired) electrons. The molecule has 2 atom stereocenters. The molecule has 1 aromatic rings. The number of nitrogens with one attached hydrogen (secondary N) is 1. The van der Waals surface area contributed by atoms with Crippen molar-refractivity contribution in [2.24, 2.45) is 0 Å². The van der Waals surface area contributed by atoms with Crippen LogP contribution < -0.4 is 5.32 Å². The molecule has 1 aliphatic heterocycles. The van der Waals surface area contributed by atoms with Crippen LogP contribution in [0.3, 0.4) is 0 Å². The molecule has 0 unspecified atom stereocenters. The van der Waals surface area contributed by atoms with E-state index in [4.69, 9.17) is 9.84 Å². The van der Waals surface area contributed by atoms with Gasteiger partial charge in [0.2, 0.25) is 5.91 Å². The molecule has 1 aromatic carbocycles. The molecule has 29 heavy (non-hydrogen) atoms. The van der Waals surface area contributed by atoms with E-state index in [1.807, 2.05) is 24.3 Å². The SMILES string of the molecule is CC(C)(C)OC(=O)N1Cc2ccccc2C[C@H]1C(=O)N[C@@H](CCC(=O)O)C(=O)O. The van der Waals surface area contributed by atoms with Crippen molar-refractivity contribution in [2.45, 2.75) is 64.3 Å². The summed E-state index contributed by atoms with van der Waals surface area (Å²) in [6, 6.07) is 5.03. The van der Waals surface area contributed by atoms with Crippen molar-refractivity contribution in [2.75, 3.05) is 0 Å². The van der Waals surface area contributed by atoms with Gasteiger partial charge in [-0.05, 0) is 38.3 Å². The summed E-state index contributed by atoms with van der Waals surface area (Å²) in [4.78, 5) is 49.0. The molecule has 2 amide bonds. The summed E-state index contributed by atoms with van der Waals surface area (Å²) in [5, 5.41) is 20.5. The minimum atomic E-state index is -1.36. The highest BCUT2D eigenvalue weighted by Gasteiger charge is 2.38. The Morgan fingerprint density at radius 3 is 2.34 bits per heavy atom. The second-order valence-corrected chi connectivity index (χ2v) is 7.93. The van der Waals surface area contributed by atoms with Crippen LogP contribution in [0.1, 0.15) is 44.7 Å². The standard InChI is InChI=1S/C20H26N2O7/c1-20(2,3)29-19(28)22-11-13-7-5-4-6-12(13)10-15(22)17(25)21-14(18(26)27)8-9-16(23)24/h4-7,14-15H,8-11H2,1-3H3,(H,21,25)(H,23,24)(H,26,27)/t14-,15-/m0/s1. The molecule has 0 bridgehead atoms. The highest BCUT2D eigenvalue weighted by atomic mass is 16.6. The fourth-order valence-electron chi connectivity index (χ4n) is 3.06. The van der Waals surface area contributed by atoms with Crippen LogP contribution in [-0.2, 0) is 32.1 Å². The van der Waals surface area contributed by atoms with E-state index in [-0.39, 0.29) is 19.4 Å². The van der Waals surface area contributed by atoms with Gasteiger partial charge in [0.15, 0.2) is 0 Å². The van der Waals surface area contributed by atoms with Gasteiger partial charge in [0.1, 0.15) is 17.7 Å². The van der Waals surface area contributed by atoms with Crippen molar-refractivity contribution in [3.8, 4) is 0 Å². The van der Waals surface area contributed by atoms with Crippen molar-refractivity contribution < 1.29 is 34.1 Å². The van der Waals surface area contributed by atoms with Crippen molar-refractivity contribution in [3.05, 3.63) is 35.4 Å². The molecule has 0 aliphatic carbocycles. The number of hydrogen-bond donors (Lipinski definition) is 3. The number of ether oxygens (including phenoxy) is 1. The maximum Gasteiger partial charge on any atom is 0.411 e. The van der Waals surface area contributed by atoms with Gasteiger partial charge in [-0.1, -0.05) is 24.3 Å². The first-order valence-corrected chi connectivity index (χ1v) is 9.29. The largest absolute Gasteiger partial charge is 0.481 e. The lowest BCUT2D eigenvalue weighted by molar-refractivity contribution is -0.144. The van der Waals surface area contributed by atoms with Gasteiger partial charge in [-0.3, -0.25) is 14.5 Å². The van der Waals surface area contributed by atoms with Gasteiger partial charge in [0.25, 0.3) is 0 Å². The summed E-state index contributed by atoms with van der Waals surface area (Å²) in [5.41, 5.74) is 0.994.